The van der Waals surface area contributed by atoms with E-state index in [0.29, 0.717) is 17.1 Å². The summed E-state index contributed by atoms with van der Waals surface area (Å²) >= 11 is 5.76. The van der Waals surface area contributed by atoms with E-state index < -0.39 is 0 Å². The van der Waals surface area contributed by atoms with Gasteiger partial charge in [0.1, 0.15) is 6.61 Å². The molecule has 0 aliphatic heterocycles. The van der Waals surface area contributed by atoms with E-state index in [1.807, 2.05) is 6.07 Å². The maximum atomic E-state index is 8.65. The van der Waals surface area contributed by atoms with Gasteiger partial charge in [0, 0.05) is 19.5 Å². The van der Waals surface area contributed by atoms with Crippen LogP contribution in [0.2, 0.25) is 5.15 Å². The molecule has 1 saturated carbocycles. The van der Waals surface area contributed by atoms with Gasteiger partial charge < -0.3 is 10.0 Å². The number of aromatic nitrogens is 2. The molecule has 0 amide bonds. The van der Waals surface area contributed by atoms with Crippen molar-refractivity contribution in [3.05, 3.63) is 17.3 Å². The summed E-state index contributed by atoms with van der Waals surface area (Å²) in [6, 6.07) is 4.19. The maximum absolute atomic E-state index is 8.65. The van der Waals surface area contributed by atoms with Crippen LogP contribution in [0.1, 0.15) is 32.1 Å². The second kappa shape index (κ2) is 7.47. The molecule has 1 N–H and O–H groups in total. The lowest BCUT2D eigenvalue weighted by Gasteiger charge is -2.34. The van der Waals surface area contributed by atoms with Crippen molar-refractivity contribution in [2.75, 3.05) is 18.6 Å². The molecular weight excluding hydrogens is 274 g/mol. The number of nitrogens with zero attached hydrogens (tertiary/aromatic N) is 3. The maximum Gasteiger partial charge on any atom is 0.151 e. The Balaban J connectivity index is 1.85. The normalized spacial score (nSPS) is 21.9. The van der Waals surface area contributed by atoms with Crippen molar-refractivity contribution in [3.8, 4) is 11.8 Å². The molecule has 1 heterocycles. The Kier molecular flexibility index (Phi) is 5.63. The molecule has 5 heteroatoms. The first kappa shape index (κ1) is 15.1. The molecule has 0 unspecified atom stereocenters. The minimum Gasteiger partial charge on any atom is -0.384 e. The molecule has 0 bridgehead atoms. The summed E-state index contributed by atoms with van der Waals surface area (Å²) in [5, 5.41) is 17.1. The van der Waals surface area contributed by atoms with Crippen LogP contribution in [0.3, 0.4) is 0 Å². The Bertz CT molecular complexity index is 472. The van der Waals surface area contributed by atoms with Gasteiger partial charge in [0.25, 0.3) is 0 Å². The Labute approximate surface area is 125 Å². The van der Waals surface area contributed by atoms with Gasteiger partial charge in [-0.05, 0) is 43.7 Å². The largest absolute Gasteiger partial charge is 0.384 e. The third-order valence-corrected chi connectivity index (χ3v) is 4.14. The van der Waals surface area contributed by atoms with Gasteiger partial charge in [0.15, 0.2) is 11.0 Å². The molecule has 108 valence electrons. The lowest BCUT2D eigenvalue weighted by molar-refractivity contribution is 0.323. The van der Waals surface area contributed by atoms with Crippen LogP contribution in [0.15, 0.2) is 12.1 Å². The number of hydrogen-bond acceptors (Lipinski definition) is 4. The lowest BCUT2D eigenvalue weighted by atomic mass is 9.84. The second-order valence-corrected chi connectivity index (χ2v) is 5.60. The molecule has 0 aromatic carbocycles. The standard InChI is InChI=1S/C15H20ClN3O/c1-19(15-10-9-14(16)17-18-15)13-7-5-12(6-8-13)4-2-3-11-20/h9-10,12-13,20H,4-8,11H2,1H3. The lowest BCUT2D eigenvalue weighted by Crippen LogP contribution is -2.35. The molecule has 0 atom stereocenters. The Morgan fingerprint density at radius 1 is 1.25 bits per heavy atom. The molecule has 20 heavy (non-hydrogen) atoms. The first-order chi connectivity index (χ1) is 9.70. The van der Waals surface area contributed by atoms with Crippen molar-refractivity contribution in [1.29, 1.82) is 0 Å². The highest BCUT2D eigenvalue weighted by molar-refractivity contribution is 6.29. The number of aliphatic hydroxyl groups excluding tert-OH is 1. The summed E-state index contributed by atoms with van der Waals surface area (Å²) in [7, 11) is 2.06. The van der Waals surface area contributed by atoms with Crippen molar-refractivity contribution in [2.24, 2.45) is 5.92 Å². The van der Waals surface area contributed by atoms with Crippen LogP contribution in [0.5, 0.6) is 0 Å². The van der Waals surface area contributed by atoms with Crippen molar-refractivity contribution < 1.29 is 5.11 Å². The van der Waals surface area contributed by atoms with Crippen LogP contribution < -0.4 is 4.90 Å². The summed E-state index contributed by atoms with van der Waals surface area (Å²) in [5.74, 6) is 7.30. The molecule has 0 saturated heterocycles. The summed E-state index contributed by atoms with van der Waals surface area (Å²) in [5.41, 5.74) is 0. The van der Waals surface area contributed by atoms with Crippen LogP contribution in [-0.2, 0) is 0 Å². The zero-order valence-electron chi connectivity index (χ0n) is 11.7. The van der Waals surface area contributed by atoms with Gasteiger partial charge in [-0.25, -0.2) is 0 Å². The third kappa shape index (κ3) is 4.09. The molecule has 0 spiro atoms. The number of aliphatic hydroxyl groups is 1. The van der Waals surface area contributed by atoms with Crippen LogP contribution in [0.25, 0.3) is 0 Å². The molecule has 2 rings (SSSR count). The molecule has 1 aromatic rings. The van der Waals surface area contributed by atoms with Crippen LogP contribution in [0, 0.1) is 17.8 Å². The molecule has 0 radical (unpaired) electrons. The number of anilines is 1. The fourth-order valence-electron chi connectivity index (χ4n) is 2.69. The van der Waals surface area contributed by atoms with Crippen molar-refractivity contribution >= 4 is 17.4 Å². The molecule has 1 fully saturated rings. The summed E-state index contributed by atoms with van der Waals surface area (Å²) in [4.78, 5) is 2.19. The quantitative estimate of drug-likeness (QED) is 0.870. The fourth-order valence-corrected chi connectivity index (χ4v) is 2.79. The van der Waals surface area contributed by atoms with E-state index >= 15 is 0 Å². The summed E-state index contributed by atoms with van der Waals surface area (Å²) in [6.45, 7) is -0.0344. The van der Waals surface area contributed by atoms with Crippen LogP contribution in [0.4, 0.5) is 5.82 Å². The SMILES string of the molecule is CN(c1ccc(Cl)nn1)C1CCC(CC#CCO)CC1. The van der Waals surface area contributed by atoms with Gasteiger partial charge in [-0.3, -0.25) is 0 Å². The van der Waals surface area contributed by atoms with E-state index in [9.17, 15) is 0 Å². The third-order valence-electron chi connectivity index (χ3n) is 3.94. The average molecular weight is 294 g/mol. The Hall–Kier alpha value is -1.31. The summed E-state index contributed by atoms with van der Waals surface area (Å²) in [6.07, 6.45) is 5.54. The van der Waals surface area contributed by atoms with Crippen LogP contribution >= 0.6 is 11.6 Å². The first-order valence-corrected chi connectivity index (χ1v) is 7.37. The van der Waals surface area contributed by atoms with Gasteiger partial charge in [0.05, 0.1) is 0 Å². The van der Waals surface area contributed by atoms with Gasteiger partial charge in [-0.1, -0.05) is 17.5 Å². The van der Waals surface area contributed by atoms with E-state index in [0.717, 1.165) is 25.1 Å². The smallest absolute Gasteiger partial charge is 0.151 e. The van der Waals surface area contributed by atoms with Gasteiger partial charge in [-0.2, -0.15) is 0 Å². The highest BCUT2D eigenvalue weighted by Gasteiger charge is 2.24. The highest BCUT2D eigenvalue weighted by Crippen LogP contribution is 2.30. The zero-order valence-corrected chi connectivity index (χ0v) is 12.5. The second-order valence-electron chi connectivity index (χ2n) is 5.22. The summed E-state index contributed by atoms with van der Waals surface area (Å²) < 4.78 is 0. The van der Waals surface area contributed by atoms with Crippen molar-refractivity contribution in [3.63, 3.8) is 0 Å². The number of halogens is 1. The van der Waals surface area contributed by atoms with E-state index in [2.05, 4.69) is 34.0 Å². The zero-order chi connectivity index (χ0) is 14.4. The van der Waals surface area contributed by atoms with Gasteiger partial charge in [-0.15, -0.1) is 16.1 Å². The minimum absolute atomic E-state index is 0.0344. The van der Waals surface area contributed by atoms with Gasteiger partial charge in [0.2, 0.25) is 0 Å². The Morgan fingerprint density at radius 2 is 2.00 bits per heavy atom. The monoisotopic (exact) mass is 293 g/mol. The highest BCUT2D eigenvalue weighted by atomic mass is 35.5. The van der Waals surface area contributed by atoms with E-state index in [-0.39, 0.29) is 6.61 Å². The fraction of sp³-hybridized carbons (Fsp3) is 0.600. The number of hydrogen-bond donors (Lipinski definition) is 1. The molecular formula is C15H20ClN3O. The van der Waals surface area contributed by atoms with Crippen LogP contribution in [-0.4, -0.2) is 35.0 Å². The molecule has 1 aliphatic carbocycles. The van der Waals surface area contributed by atoms with Gasteiger partial charge >= 0.3 is 0 Å². The van der Waals surface area contributed by atoms with Crippen molar-refractivity contribution in [2.45, 2.75) is 38.1 Å². The molecule has 1 aliphatic rings. The van der Waals surface area contributed by atoms with E-state index in [1.165, 1.54) is 12.8 Å². The predicted molar refractivity (Wildman–Crippen MR) is 80.7 cm³/mol. The number of rotatable bonds is 3. The predicted octanol–water partition coefficient (Wildman–Crippen LogP) is 2.51. The minimum atomic E-state index is -0.0344. The van der Waals surface area contributed by atoms with E-state index in [4.69, 9.17) is 16.7 Å². The van der Waals surface area contributed by atoms with Crippen molar-refractivity contribution in [1.82, 2.24) is 10.2 Å². The topological polar surface area (TPSA) is 49.2 Å². The van der Waals surface area contributed by atoms with E-state index in [1.54, 1.807) is 6.07 Å². The first-order valence-electron chi connectivity index (χ1n) is 6.99. The molecule has 4 nitrogen and oxygen atoms in total. The Morgan fingerprint density at radius 3 is 2.60 bits per heavy atom. The molecule has 1 aromatic heterocycles. The average Bonchev–Trinajstić information content (AvgIpc) is 2.48.